The van der Waals surface area contributed by atoms with E-state index in [1.165, 1.54) is 4.31 Å². The van der Waals surface area contributed by atoms with Gasteiger partial charge in [-0.25, -0.2) is 8.42 Å². The third-order valence-corrected chi connectivity index (χ3v) is 8.15. The average Bonchev–Trinajstić information content (AvgIpc) is 3.35. The van der Waals surface area contributed by atoms with E-state index >= 15 is 0 Å². The molecular weight excluding hydrogens is 498 g/mol. The summed E-state index contributed by atoms with van der Waals surface area (Å²) in [5.41, 5.74) is 1.32. The zero-order valence-corrected chi connectivity index (χ0v) is 22.6. The molecule has 3 rings (SSSR count). The number of anilines is 1. The van der Waals surface area contributed by atoms with Crippen molar-refractivity contribution < 1.29 is 18.0 Å². The fourth-order valence-electron chi connectivity index (χ4n) is 4.70. The summed E-state index contributed by atoms with van der Waals surface area (Å²) >= 11 is 6.39. The first-order valence-corrected chi connectivity index (χ1v) is 14.8. The fraction of sp³-hybridized carbons (Fsp3) is 0.481. The topological polar surface area (TPSA) is 86.8 Å². The molecule has 2 aromatic rings. The molecule has 0 spiro atoms. The van der Waals surface area contributed by atoms with Gasteiger partial charge in [0.2, 0.25) is 21.8 Å². The maximum Gasteiger partial charge on any atom is 0.243 e. The largest absolute Gasteiger partial charge is 0.352 e. The molecule has 1 N–H and O–H groups in total. The quantitative estimate of drug-likeness (QED) is 0.426. The van der Waals surface area contributed by atoms with E-state index in [0.29, 0.717) is 23.6 Å². The number of nitrogens with one attached hydrogen (secondary N) is 1. The average molecular weight is 534 g/mol. The Bertz CT molecular complexity index is 1120. The zero-order valence-electron chi connectivity index (χ0n) is 21.0. The lowest BCUT2D eigenvalue weighted by atomic mass is 10.1. The van der Waals surface area contributed by atoms with E-state index in [-0.39, 0.29) is 37.4 Å². The van der Waals surface area contributed by atoms with Crippen LogP contribution < -0.4 is 9.62 Å². The Morgan fingerprint density at radius 1 is 1.06 bits per heavy atom. The van der Waals surface area contributed by atoms with Gasteiger partial charge in [-0.1, -0.05) is 67.8 Å². The van der Waals surface area contributed by atoms with Crippen molar-refractivity contribution in [2.45, 2.75) is 70.5 Å². The Labute approximate surface area is 219 Å². The van der Waals surface area contributed by atoms with Gasteiger partial charge in [-0.05, 0) is 49.4 Å². The molecule has 0 heterocycles. The molecule has 2 amide bonds. The van der Waals surface area contributed by atoms with Crippen molar-refractivity contribution in [3.8, 4) is 0 Å². The molecule has 7 nitrogen and oxygen atoms in total. The fourth-order valence-corrected chi connectivity index (χ4v) is 5.86. The zero-order chi connectivity index (χ0) is 26.1. The van der Waals surface area contributed by atoms with Gasteiger partial charge in [0.05, 0.1) is 11.9 Å². The molecule has 1 unspecified atom stereocenters. The number of para-hydroxylation sites is 1. The number of amides is 2. The summed E-state index contributed by atoms with van der Waals surface area (Å²) in [6.45, 7) is 2.27. The highest BCUT2D eigenvalue weighted by Crippen LogP contribution is 2.23. The Morgan fingerprint density at radius 3 is 2.31 bits per heavy atom. The number of benzene rings is 2. The predicted octanol–water partition coefficient (Wildman–Crippen LogP) is 4.75. The molecule has 9 heteroatoms. The molecule has 1 atom stereocenters. The monoisotopic (exact) mass is 533 g/mol. The molecular formula is C27H36ClN3O4S. The van der Waals surface area contributed by atoms with Crippen molar-refractivity contribution in [2.75, 3.05) is 17.1 Å². The number of halogens is 1. The van der Waals surface area contributed by atoms with Crippen LogP contribution in [0.4, 0.5) is 5.69 Å². The first kappa shape index (κ1) is 28.0. The minimum Gasteiger partial charge on any atom is -0.352 e. The second kappa shape index (κ2) is 13.1. The van der Waals surface area contributed by atoms with Gasteiger partial charge in [-0.2, -0.15) is 0 Å². The number of sulfonamides is 1. The second-order valence-corrected chi connectivity index (χ2v) is 11.6. The third kappa shape index (κ3) is 7.71. The Balaban J connectivity index is 1.75. The Morgan fingerprint density at radius 2 is 1.69 bits per heavy atom. The summed E-state index contributed by atoms with van der Waals surface area (Å²) in [6, 6.07) is 15.7. The number of hydrogen-bond donors (Lipinski definition) is 1. The number of hydrogen-bond acceptors (Lipinski definition) is 4. The van der Waals surface area contributed by atoms with Crippen LogP contribution in [0.25, 0.3) is 0 Å². The van der Waals surface area contributed by atoms with Crippen molar-refractivity contribution in [3.63, 3.8) is 0 Å². The van der Waals surface area contributed by atoms with Gasteiger partial charge >= 0.3 is 0 Å². The van der Waals surface area contributed by atoms with Crippen LogP contribution in [0, 0.1) is 0 Å². The van der Waals surface area contributed by atoms with E-state index in [2.05, 4.69) is 5.32 Å². The number of rotatable bonds is 12. The maximum absolute atomic E-state index is 13.5. The van der Waals surface area contributed by atoms with Crippen molar-refractivity contribution in [3.05, 3.63) is 65.2 Å². The highest BCUT2D eigenvalue weighted by Gasteiger charge is 2.31. The van der Waals surface area contributed by atoms with Crippen molar-refractivity contribution in [1.29, 1.82) is 0 Å². The van der Waals surface area contributed by atoms with Gasteiger partial charge in [0.25, 0.3) is 0 Å². The smallest absolute Gasteiger partial charge is 0.243 e. The second-order valence-electron chi connectivity index (χ2n) is 9.30. The number of carbonyl (C=O) groups is 2. The molecule has 0 radical (unpaired) electrons. The van der Waals surface area contributed by atoms with Gasteiger partial charge in [0.1, 0.15) is 6.04 Å². The first-order valence-electron chi connectivity index (χ1n) is 12.6. The van der Waals surface area contributed by atoms with E-state index in [1.807, 2.05) is 31.2 Å². The van der Waals surface area contributed by atoms with Crippen LogP contribution in [0.5, 0.6) is 0 Å². The summed E-state index contributed by atoms with van der Waals surface area (Å²) in [6.07, 6.45) is 6.17. The SMILES string of the molecule is CCC(C(=O)NC1CCCC1)N(Cc1ccccc1Cl)C(=O)CCCN(c1ccccc1)S(C)(=O)=O. The highest BCUT2D eigenvalue weighted by molar-refractivity contribution is 7.92. The van der Waals surface area contributed by atoms with Crippen molar-refractivity contribution >= 4 is 39.1 Å². The number of carbonyl (C=O) groups excluding carboxylic acids is 2. The molecule has 0 saturated heterocycles. The van der Waals surface area contributed by atoms with Gasteiger partial charge in [0.15, 0.2) is 0 Å². The lowest BCUT2D eigenvalue weighted by Crippen LogP contribution is -2.51. The van der Waals surface area contributed by atoms with Crippen LogP contribution in [0.2, 0.25) is 5.02 Å². The summed E-state index contributed by atoms with van der Waals surface area (Å²) in [4.78, 5) is 28.3. The van der Waals surface area contributed by atoms with Gasteiger partial charge in [0, 0.05) is 30.6 Å². The molecule has 0 aliphatic heterocycles. The van der Waals surface area contributed by atoms with Gasteiger partial charge in [-0.15, -0.1) is 0 Å². The van der Waals surface area contributed by atoms with Crippen molar-refractivity contribution in [2.24, 2.45) is 0 Å². The molecule has 1 aliphatic rings. The van der Waals surface area contributed by atoms with Crippen LogP contribution in [-0.2, 0) is 26.2 Å². The van der Waals surface area contributed by atoms with Crippen molar-refractivity contribution in [1.82, 2.24) is 10.2 Å². The third-order valence-electron chi connectivity index (χ3n) is 6.58. The van der Waals surface area contributed by atoms with Gasteiger partial charge in [-0.3, -0.25) is 13.9 Å². The first-order chi connectivity index (χ1) is 17.2. The van der Waals surface area contributed by atoms with Gasteiger partial charge < -0.3 is 10.2 Å². The summed E-state index contributed by atoms with van der Waals surface area (Å²) in [7, 11) is -3.51. The van der Waals surface area contributed by atoms with E-state index in [9.17, 15) is 18.0 Å². The molecule has 0 bridgehead atoms. The van der Waals surface area contributed by atoms with E-state index in [4.69, 9.17) is 11.6 Å². The molecule has 1 aliphatic carbocycles. The summed E-state index contributed by atoms with van der Waals surface area (Å²) in [5.74, 6) is -0.350. The predicted molar refractivity (Wildman–Crippen MR) is 144 cm³/mol. The number of nitrogens with zero attached hydrogens (tertiary/aromatic N) is 2. The standard InChI is InChI=1S/C27H36ClN3O4S/c1-3-25(27(33)29-22-13-8-9-14-22)30(20-21-12-7-10-17-24(21)28)26(32)18-11-19-31(36(2,34)35)23-15-5-4-6-16-23/h4-7,10,12,15-17,22,25H,3,8-9,11,13-14,18-20H2,1-2H3,(H,29,33). The van der Waals surface area contributed by atoms with E-state index < -0.39 is 16.1 Å². The molecule has 0 aromatic heterocycles. The lowest BCUT2D eigenvalue weighted by molar-refractivity contribution is -0.141. The summed E-state index contributed by atoms with van der Waals surface area (Å²) < 4.78 is 26.1. The Kier molecular flexibility index (Phi) is 10.2. The van der Waals surface area contributed by atoms with E-state index in [0.717, 1.165) is 37.5 Å². The molecule has 196 valence electrons. The maximum atomic E-state index is 13.5. The molecule has 2 aromatic carbocycles. The van der Waals surface area contributed by atoms with Crippen LogP contribution in [0.3, 0.4) is 0 Å². The highest BCUT2D eigenvalue weighted by atomic mass is 35.5. The lowest BCUT2D eigenvalue weighted by Gasteiger charge is -2.32. The normalized spacial score (nSPS) is 14.9. The summed E-state index contributed by atoms with van der Waals surface area (Å²) in [5, 5.41) is 3.66. The molecule has 1 saturated carbocycles. The molecule has 36 heavy (non-hydrogen) atoms. The minimum absolute atomic E-state index is 0.108. The Hall–Kier alpha value is -2.58. The van der Waals surface area contributed by atoms with Crippen LogP contribution >= 0.6 is 11.6 Å². The molecule has 1 fully saturated rings. The van der Waals surface area contributed by atoms with Crippen LogP contribution in [0.15, 0.2) is 54.6 Å². The van der Waals surface area contributed by atoms with Crippen LogP contribution in [0.1, 0.15) is 57.4 Å². The minimum atomic E-state index is -3.51. The van der Waals surface area contributed by atoms with E-state index in [1.54, 1.807) is 35.2 Å². The van der Waals surface area contributed by atoms with Crippen LogP contribution in [-0.4, -0.2) is 50.0 Å².